The minimum Gasteiger partial charge on any atom is -0.303 e. The van der Waals surface area contributed by atoms with Crippen LogP contribution in [0.1, 0.15) is 31.4 Å². The molecule has 0 N–H and O–H groups in total. The van der Waals surface area contributed by atoms with Crippen molar-refractivity contribution >= 4 is 17.9 Å². The predicted molar refractivity (Wildman–Crippen MR) is 60.0 cm³/mol. The van der Waals surface area contributed by atoms with Crippen LogP contribution in [0.25, 0.3) is 0 Å². The van der Waals surface area contributed by atoms with Gasteiger partial charge in [-0.05, 0) is 31.9 Å². The molecule has 1 rings (SSSR count). The molecule has 15 heavy (non-hydrogen) atoms. The Bertz CT molecular complexity index is 355. The standard InChI is InChI=1S/C12H14ClFO/c1-12(2,14)11-9(6-4-8-15)5-3-7-10(11)13/h3,5,7-8H,4,6H2,1-2H3. The molecule has 0 fully saturated rings. The highest BCUT2D eigenvalue weighted by Crippen LogP contribution is 2.34. The van der Waals surface area contributed by atoms with Crippen LogP contribution in [0, 0.1) is 0 Å². The van der Waals surface area contributed by atoms with Crippen LogP contribution in [-0.2, 0) is 16.9 Å². The molecule has 0 bridgehead atoms. The summed E-state index contributed by atoms with van der Waals surface area (Å²) in [6.45, 7) is 2.94. The number of carbonyl (C=O) groups is 1. The number of rotatable bonds is 4. The van der Waals surface area contributed by atoms with Crippen LogP contribution in [0.2, 0.25) is 5.02 Å². The highest BCUT2D eigenvalue weighted by Gasteiger charge is 2.24. The summed E-state index contributed by atoms with van der Waals surface area (Å²) in [4.78, 5) is 10.3. The predicted octanol–water partition coefficient (Wildman–Crippen LogP) is 3.68. The topological polar surface area (TPSA) is 17.1 Å². The molecule has 0 radical (unpaired) electrons. The van der Waals surface area contributed by atoms with E-state index in [-0.39, 0.29) is 0 Å². The smallest absolute Gasteiger partial charge is 0.132 e. The second-order valence-electron chi connectivity index (χ2n) is 3.95. The average Bonchev–Trinajstić information content (AvgIpc) is 2.12. The molecule has 0 amide bonds. The molecule has 1 aromatic rings. The fourth-order valence-electron chi connectivity index (χ4n) is 1.66. The highest BCUT2D eigenvalue weighted by molar-refractivity contribution is 6.31. The summed E-state index contributed by atoms with van der Waals surface area (Å²) in [5.41, 5.74) is -0.174. The number of aryl methyl sites for hydroxylation is 1. The molecule has 0 spiro atoms. The van der Waals surface area contributed by atoms with Crippen LogP contribution < -0.4 is 0 Å². The molecule has 0 heterocycles. The molecule has 0 aromatic heterocycles. The fourth-order valence-corrected chi connectivity index (χ4v) is 2.08. The zero-order valence-corrected chi connectivity index (χ0v) is 9.64. The van der Waals surface area contributed by atoms with Crippen molar-refractivity contribution in [3.8, 4) is 0 Å². The van der Waals surface area contributed by atoms with Gasteiger partial charge in [-0.25, -0.2) is 4.39 Å². The summed E-state index contributed by atoms with van der Waals surface area (Å²) in [6, 6.07) is 5.26. The van der Waals surface area contributed by atoms with Gasteiger partial charge in [0.1, 0.15) is 12.0 Å². The zero-order chi connectivity index (χ0) is 11.5. The van der Waals surface area contributed by atoms with Crippen molar-refractivity contribution in [1.82, 2.24) is 0 Å². The number of benzene rings is 1. The number of hydrogen-bond donors (Lipinski definition) is 0. The SMILES string of the molecule is CC(C)(F)c1c(Cl)cccc1CCC=O. The maximum atomic E-state index is 13.9. The van der Waals surface area contributed by atoms with Crippen molar-refractivity contribution < 1.29 is 9.18 Å². The molecule has 82 valence electrons. The quantitative estimate of drug-likeness (QED) is 0.719. The van der Waals surface area contributed by atoms with Crippen LogP contribution in [0.3, 0.4) is 0 Å². The van der Waals surface area contributed by atoms with E-state index in [0.29, 0.717) is 23.4 Å². The minimum atomic E-state index is -1.48. The largest absolute Gasteiger partial charge is 0.303 e. The summed E-state index contributed by atoms with van der Waals surface area (Å²) < 4.78 is 13.9. The lowest BCUT2D eigenvalue weighted by Gasteiger charge is -2.20. The zero-order valence-electron chi connectivity index (χ0n) is 8.89. The third-order valence-electron chi connectivity index (χ3n) is 2.23. The maximum Gasteiger partial charge on any atom is 0.132 e. The average molecular weight is 229 g/mol. The van der Waals surface area contributed by atoms with E-state index in [1.165, 1.54) is 13.8 Å². The van der Waals surface area contributed by atoms with Crippen molar-refractivity contribution in [2.24, 2.45) is 0 Å². The van der Waals surface area contributed by atoms with E-state index < -0.39 is 5.67 Å². The Kier molecular flexibility index (Phi) is 3.86. The fraction of sp³-hybridized carbons (Fsp3) is 0.417. The molecule has 0 atom stereocenters. The van der Waals surface area contributed by atoms with Gasteiger partial charge in [-0.2, -0.15) is 0 Å². The summed E-state index contributed by atoms with van der Waals surface area (Å²) >= 11 is 5.96. The van der Waals surface area contributed by atoms with Gasteiger partial charge in [-0.3, -0.25) is 0 Å². The van der Waals surface area contributed by atoms with E-state index in [1.54, 1.807) is 12.1 Å². The third-order valence-corrected chi connectivity index (χ3v) is 2.54. The molecule has 0 saturated carbocycles. The van der Waals surface area contributed by atoms with Crippen molar-refractivity contribution in [2.75, 3.05) is 0 Å². The molecule has 1 aromatic carbocycles. The van der Waals surface area contributed by atoms with Gasteiger partial charge in [-0.15, -0.1) is 0 Å². The third kappa shape index (κ3) is 3.03. The Hall–Kier alpha value is -0.890. The number of aldehydes is 1. The molecule has 0 aliphatic carbocycles. The molecule has 1 nitrogen and oxygen atoms in total. The van der Waals surface area contributed by atoms with Crippen molar-refractivity contribution in [1.29, 1.82) is 0 Å². The second-order valence-corrected chi connectivity index (χ2v) is 4.36. The van der Waals surface area contributed by atoms with Gasteiger partial charge in [0.15, 0.2) is 0 Å². The number of halogens is 2. The number of carbonyl (C=O) groups excluding carboxylic acids is 1. The van der Waals surface area contributed by atoms with Crippen molar-refractivity contribution in [3.63, 3.8) is 0 Å². The van der Waals surface area contributed by atoms with E-state index in [9.17, 15) is 9.18 Å². The van der Waals surface area contributed by atoms with E-state index in [0.717, 1.165) is 11.8 Å². The van der Waals surface area contributed by atoms with E-state index >= 15 is 0 Å². The molecule has 0 saturated heterocycles. The summed E-state index contributed by atoms with van der Waals surface area (Å²) in [6.07, 6.45) is 1.76. The van der Waals surface area contributed by atoms with Gasteiger partial charge >= 0.3 is 0 Å². The van der Waals surface area contributed by atoms with Crippen LogP contribution >= 0.6 is 11.6 Å². The lowest BCUT2D eigenvalue weighted by Crippen LogP contribution is -2.13. The lowest BCUT2D eigenvalue weighted by atomic mass is 9.92. The van der Waals surface area contributed by atoms with Crippen LogP contribution in [-0.4, -0.2) is 6.29 Å². The molecular formula is C12H14ClFO. The molecule has 0 aliphatic rings. The van der Waals surface area contributed by atoms with Gasteiger partial charge in [0.25, 0.3) is 0 Å². The van der Waals surface area contributed by atoms with E-state index in [2.05, 4.69) is 0 Å². The Morgan fingerprint density at radius 3 is 2.67 bits per heavy atom. The monoisotopic (exact) mass is 228 g/mol. The second kappa shape index (κ2) is 4.75. The van der Waals surface area contributed by atoms with Crippen LogP contribution in [0.15, 0.2) is 18.2 Å². The first kappa shape index (κ1) is 12.2. The lowest BCUT2D eigenvalue weighted by molar-refractivity contribution is -0.107. The van der Waals surface area contributed by atoms with Gasteiger partial charge in [0.05, 0.1) is 0 Å². The Balaban J connectivity index is 3.14. The van der Waals surface area contributed by atoms with Crippen LogP contribution in [0.5, 0.6) is 0 Å². The number of hydrogen-bond acceptors (Lipinski definition) is 1. The van der Waals surface area contributed by atoms with Gasteiger partial charge in [-0.1, -0.05) is 23.7 Å². The number of alkyl halides is 1. The summed E-state index contributed by atoms with van der Waals surface area (Å²) in [7, 11) is 0. The van der Waals surface area contributed by atoms with E-state index in [1.807, 2.05) is 6.07 Å². The minimum absolute atomic E-state index is 0.392. The van der Waals surface area contributed by atoms with Crippen molar-refractivity contribution in [3.05, 3.63) is 34.3 Å². The summed E-state index contributed by atoms with van der Waals surface area (Å²) in [5.74, 6) is 0. The van der Waals surface area contributed by atoms with Gasteiger partial charge in [0.2, 0.25) is 0 Å². The first-order valence-electron chi connectivity index (χ1n) is 4.87. The van der Waals surface area contributed by atoms with Gasteiger partial charge in [0, 0.05) is 17.0 Å². The highest BCUT2D eigenvalue weighted by atomic mass is 35.5. The van der Waals surface area contributed by atoms with Crippen LogP contribution in [0.4, 0.5) is 4.39 Å². The maximum absolute atomic E-state index is 13.9. The molecule has 0 aliphatic heterocycles. The first-order valence-corrected chi connectivity index (χ1v) is 5.25. The first-order chi connectivity index (χ1) is 6.96. The Morgan fingerprint density at radius 1 is 1.47 bits per heavy atom. The summed E-state index contributed by atoms with van der Waals surface area (Å²) in [5, 5.41) is 0.422. The van der Waals surface area contributed by atoms with E-state index in [4.69, 9.17) is 11.6 Å². The Labute approximate surface area is 94.3 Å². The molecule has 0 unspecified atom stereocenters. The molecular weight excluding hydrogens is 215 g/mol. The van der Waals surface area contributed by atoms with Gasteiger partial charge < -0.3 is 4.79 Å². The molecule has 3 heteroatoms. The Morgan fingerprint density at radius 2 is 2.13 bits per heavy atom. The normalized spacial score (nSPS) is 11.5. The van der Waals surface area contributed by atoms with Crippen molar-refractivity contribution in [2.45, 2.75) is 32.4 Å².